The Morgan fingerprint density at radius 3 is 3.05 bits per heavy atom. The first-order valence-electron chi connectivity index (χ1n) is 7.27. The number of carbonyl (C=O) groups is 1. The Labute approximate surface area is 121 Å². The molecule has 0 spiro atoms. The number of ether oxygens (including phenoxy) is 1. The SMILES string of the molecule is CC(=O)N(C)Cc1cccc(NCC2CCCOC2)c1. The second-order valence-corrected chi connectivity index (χ2v) is 5.54. The number of benzene rings is 1. The van der Waals surface area contributed by atoms with Gasteiger partial charge in [0.1, 0.15) is 0 Å². The van der Waals surface area contributed by atoms with Gasteiger partial charge < -0.3 is 15.0 Å². The fraction of sp³-hybridized carbons (Fsp3) is 0.562. The van der Waals surface area contributed by atoms with Crippen LogP contribution in [0.15, 0.2) is 24.3 Å². The minimum absolute atomic E-state index is 0.0858. The highest BCUT2D eigenvalue weighted by Gasteiger charge is 2.13. The summed E-state index contributed by atoms with van der Waals surface area (Å²) in [5.41, 5.74) is 2.26. The van der Waals surface area contributed by atoms with Gasteiger partial charge in [0.2, 0.25) is 5.91 Å². The van der Waals surface area contributed by atoms with Crippen molar-refractivity contribution in [2.24, 2.45) is 5.92 Å². The summed E-state index contributed by atoms with van der Waals surface area (Å²) in [5.74, 6) is 0.690. The standard InChI is InChI=1S/C16H24N2O2/c1-13(19)18(2)11-14-5-3-7-16(9-14)17-10-15-6-4-8-20-12-15/h3,5,7,9,15,17H,4,6,8,10-12H2,1-2H3. The van der Waals surface area contributed by atoms with Crippen molar-refractivity contribution >= 4 is 11.6 Å². The lowest BCUT2D eigenvalue weighted by Gasteiger charge is -2.23. The fourth-order valence-electron chi connectivity index (χ4n) is 2.40. The van der Waals surface area contributed by atoms with E-state index in [9.17, 15) is 4.79 Å². The molecule has 1 aliphatic rings. The van der Waals surface area contributed by atoms with E-state index >= 15 is 0 Å². The van der Waals surface area contributed by atoms with Gasteiger partial charge in [0.25, 0.3) is 0 Å². The summed E-state index contributed by atoms with van der Waals surface area (Å²) in [7, 11) is 1.82. The summed E-state index contributed by atoms with van der Waals surface area (Å²) < 4.78 is 5.49. The van der Waals surface area contributed by atoms with Gasteiger partial charge in [-0.25, -0.2) is 0 Å². The van der Waals surface area contributed by atoms with Crippen LogP contribution in [-0.2, 0) is 16.1 Å². The second kappa shape index (κ2) is 7.29. The summed E-state index contributed by atoms with van der Waals surface area (Å²) in [4.78, 5) is 13.0. The molecule has 0 aliphatic carbocycles. The second-order valence-electron chi connectivity index (χ2n) is 5.54. The maximum atomic E-state index is 11.3. The Hall–Kier alpha value is -1.55. The van der Waals surface area contributed by atoms with E-state index in [1.165, 1.54) is 6.42 Å². The zero-order chi connectivity index (χ0) is 14.4. The van der Waals surface area contributed by atoms with Crippen LogP contribution in [0, 0.1) is 5.92 Å². The number of anilines is 1. The third-order valence-corrected chi connectivity index (χ3v) is 3.73. The summed E-state index contributed by atoms with van der Waals surface area (Å²) >= 11 is 0. The fourth-order valence-corrected chi connectivity index (χ4v) is 2.40. The minimum atomic E-state index is 0.0858. The average Bonchev–Trinajstić information content (AvgIpc) is 2.46. The molecular weight excluding hydrogens is 252 g/mol. The molecule has 2 rings (SSSR count). The maximum Gasteiger partial charge on any atom is 0.219 e. The van der Waals surface area contributed by atoms with E-state index in [0.717, 1.165) is 37.4 Å². The Bertz CT molecular complexity index is 442. The van der Waals surface area contributed by atoms with E-state index in [1.54, 1.807) is 11.8 Å². The van der Waals surface area contributed by atoms with Crippen molar-refractivity contribution in [1.82, 2.24) is 4.90 Å². The first kappa shape index (κ1) is 14.9. The minimum Gasteiger partial charge on any atom is -0.385 e. The first-order chi connectivity index (χ1) is 9.65. The highest BCUT2D eigenvalue weighted by Crippen LogP contribution is 2.16. The molecular formula is C16H24N2O2. The summed E-state index contributed by atoms with van der Waals surface area (Å²) in [5, 5.41) is 3.47. The Balaban J connectivity index is 1.87. The maximum absolute atomic E-state index is 11.3. The average molecular weight is 276 g/mol. The number of amides is 1. The molecule has 1 aromatic rings. The van der Waals surface area contributed by atoms with Gasteiger partial charge in [-0.15, -0.1) is 0 Å². The van der Waals surface area contributed by atoms with E-state index in [-0.39, 0.29) is 5.91 Å². The third-order valence-electron chi connectivity index (χ3n) is 3.73. The molecule has 0 saturated carbocycles. The predicted octanol–water partition coefficient (Wildman–Crippen LogP) is 2.50. The lowest BCUT2D eigenvalue weighted by Crippen LogP contribution is -2.24. The molecule has 1 heterocycles. The molecule has 1 amide bonds. The van der Waals surface area contributed by atoms with Crippen LogP contribution in [0.25, 0.3) is 0 Å². The number of hydrogen-bond acceptors (Lipinski definition) is 3. The van der Waals surface area contributed by atoms with Gasteiger partial charge in [0.05, 0.1) is 6.61 Å². The van der Waals surface area contributed by atoms with Gasteiger partial charge in [-0.3, -0.25) is 4.79 Å². The summed E-state index contributed by atoms with van der Waals surface area (Å²) in [6, 6.07) is 8.27. The monoisotopic (exact) mass is 276 g/mol. The number of nitrogens with zero attached hydrogens (tertiary/aromatic N) is 1. The zero-order valence-corrected chi connectivity index (χ0v) is 12.4. The molecule has 20 heavy (non-hydrogen) atoms. The Morgan fingerprint density at radius 1 is 1.50 bits per heavy atom. The van der Waals surface area contributed by atoms with Crippen molar-refractivity contribution in [3.05, 3.63) is 29.8 Å². The van der Waals surface area contributed by atoms with Crippen LogP contribution in [0.5, 0.6) is 0 Å². The molecule has 1 fully saturated rings. The molecule has 0 aromatic heterocycles. The van der Waals surface area contributed by atoms with Gasteiger partial charge in [-0.2, -0.15) is 0 Å². The molecule has 0 bridgehead atoms. The highest BCUT2D eigenvalue weighted by molar-refractivity contribution is 5.72. The van der Waals surface area contributed by atoms with Gasteiger partial charge >= 0.3 is 0 Å². The van der Waals surface area contributed by atoms with Crippen molar-refractivity contribution < 1.29 is 9.53 Å². The third kappa shape index (κ3) is 4.53. The van der Waals surface area contributed by atoms with Gasteiger partial charge in [0, 0.05) is 39.4 Å². The highest BCUT2D eigenvalue weighted by atomic mass is 16.5. The quantitative estimate of drug-likeness (QED) is 0.898. The van der Waals surface area contributed by atoms with Crippen molar-refractivity contribution in [2.45, 2.75) is 26.3 Å². The van der Waals surface area contributed by atoms with Crippen molar-refractivity contribution in [2.75, 3.05) is 32.1 Å². The smallest absolute Gasteiger partial charge is 0.219 e. The molecule has 110 valence electrons. The lowest BCUT2D eigenvalue weighted by molar-refractivity contribution is -0.128. The van der Waals surface area contributed by atoms with Crippen LogP contribution >= 0.6 is 0 Å². The van der Waals surface area contributed by atoms with E-state index < -0.39 is 0 Å². The van der Waals surface area contributed by atoms with Crippen molar-refractivity contribution in [3.8, 4) is 0 Å². The Morgan fingerprint density at radius 2 is 2.35 bits per heavy atom. The van der Waals surface area contributed by atoms with Crippen LogP contribution in [0.3, 0.4) is 0 Å². The van der Waals surface area contributed by atoms with E-state index in [1.807, 2.05) is 19.2 Å². The molecule has 1 aromatic carbocycles. The first-order valence-corrected chi connectivity index (χ1v) is 7.27. The Kier molecular flexibility index (Phi) is 5.41. The summed E-state index contributed by atoms with van der Waals surface area (Å²) in [6.07, 6.45) is 2.40. The molecule has 1 atom stereocenters. The van der Waals surface area contributed by atoms with Crippen molar-refractivity contribution in [3.63, 3.8) is 0 Å². The van der Waals surface area contributed by atoms with Crippen LogP contribution in [-0.4, -0.2) is 37.6 Å². The van der Waals surface area contributed by atoms with Crippen LogP contribution < -0.4 is 5.32 Å². The van der Waals surface area contributed by atoms with Gasteiger partial charge in [0.15, 0.2) is 0 Å². The number of carbonyl (C=O) groups excluding carboxylic acids is 1. The molecule has 1 saturated heterocycles. The molecule has 1 N–H and O–H groups in total. The lowest BCUT2D eigenvalue weighted by atomic mass is 10.0. The molecule has 1 unspecified atom stereocenters. The largest absolute Gasteiger partial charge is 0.385 e. The molecule has 4 heteroatoms. The van der Waals surface area contributed by atoms with E-state index in [4.69, 9.17) is 4.74 Å². The van der Waals surface area contributed by atoms with E-state index in [2.05, 4.69) is 17.4 Å². The normalized spacial score (nSPS) is 18.6. The molecule has 4 nitrogen and oxygen atoms in total. The zero-order valence-electron chi connectivity index (χ0n) is 12.4. The van der Waals surface area contributed by atoms with E-state index in [0.29, 0.717) is 12.5 Å². The van der Waals surface area contributed by atoms with Crippen molar-refractivity contribution in [1.29, 1.82) is 0 Å². The topological polar surface area (TPSA) is 41.6 Å². The number of rotatable bonds is 5. The number of nitrogens with one attached hydrogen (secondary N) is 1. The van der Waals surface area contributed by atoms with Crippen LogP contribution in [0.2, 0.25) is 0 Å². The summed E-state index contributed by atoms with van der Waals surface area (Å²) in [6.45, 7) is 4.96. The van der Waals surface area contributed by atoms with Crippen LogP contribution in [0.4, 0.5) is 5.69 Å². The van der Waals surface area contributed by atoms with Crippen LogP contribution in [0.1, 0.15) is 25.3 Å². The molecule has 1 aliphatic heterocycles. The van der Waals surface area contributed by atoms with Gasteiger partial charge in [-0.05, 0) is 36.5 Å². The predicted molar refractivity (Wildman–Crippen MR) is 80.6 cm³/mol. The number of hydrogen-bond donors (Lipinski definition) is 1. The molecule has 0 radical (unpaired) electrons. The van der Waals surface area contributed by atoms with Gasteiger partial charge in [-0.1, -0.05) is 12.1 Å².